The molecule has 1 heteroatoms. The molecule has 3 unspecified atom stereocenters. The van der Waals surface area contributed by atoms with Crippen molar-refractivity contribution in [3.8, 4) is 0 Å². The Hall–Kier alpha value is -1.11. The molecule has 0 amide bonds. The number of carbonyl (C=O) groups excluding carboxylic acids is 1. The molecule has 136 valence electrons. The fourth-order valence-electron chi connectivity index (χ4n) is 6.29. The first kappa shape index (κ1) is 17.3. The van der Waals surface area contributed by atoms with Crippen LogP contribution in [0, 0.1) is 28.6 Å². The van der Waals surface area contributed by atoms with Crippen LogP contribution in [0.4, 0.5) is 0 Å². The highest BCUT2D eigenvalue weighted by Gasteiger charge is 2.61. The molecule has 0 bridgehead atoms. The molecule has 0 spiro atoms. The van der Waals surface area contributed by atoms with Crippen molar-refractivity contribution in [2.24, 2.45) is 28.6 Å². The molecule has 1 nitrogen and oxygen atoms in total. The van der Waals surface area contributed by atoms with E-state index < -0.39 is 0 Å². The standard InChI is InChI=1S/C24H34O/c1-15-6-8-19(12-17(15)3)13-24(10-11-24)23(5)14-21(25)22-16(2)7-9-20(22)18(23)4/h15,17,19H,2,4,6-14H2,1,3,5H3/t15?,17?,19?,23-/m1/s1. The van der Waals surface area contributed by atoms with E-state index in [2.05, 4.69) is 33.9 Å². The molecular weight excluding hydrogens is 304 g/mol. The molecule has 4 aliphatic rings. The van der Waals surface area contributed by atoms with Gasteiger partial charge in [0, 0.05) is 17.4 Å². The van der Waals surface area contributed by atoms with Crippen LogP contribution in [0.2, 0.25) is 0 Å². The second kappa shape index (κ2) is 5.69. The highest BCUT2D eigenvalue weighted by atomic mass is 16.1. The molecule has 4 aliphatic carbocycles. The summed E-state index contributed by atoms with van der Waals surface area (Å²) in [6.45, 7) is 15.9. The van der Waals surface area contributed by atoms with Crippen LogP contribution in [-0.2, 0) is 4.79 Å². The summed E-state index contributed by atoms with van der Waals surface area (Å²) in [7, 11) is 0. The maximum absolute atomic E-state index is 12.9. The maximum atomic E-state index is 12.9. The number of Topliss-reactive ketones (excluding diaryl/α,β-unsaturated/α-hetero) is 1. The molecular formula is C24H34O. The molecule has 4 atom stereocenters. The molecule has 0 aromatic heterocycles. The van der Waals surface area contributed by atoms with Gasteiger partial charge in [-0.2, -0.15) is 0 Å². The highest BCUT2D eigenvalue weighted by Crippen LogP contribution is 2.69. The maximum Gasteiger partial charge on any atom is 0.164 e. The van der Waals surface area contributed by atoms with Crippen molar-refractivity contribution in [2.45, 2.75) is 78.6 Å². The number of ketones is 1. The lowest BCUT2D eigenvalue weighted by molar-refractivity contribution is -0.118. The van der Waals surface area contributed by atoms with Crippen molar-refractivity contribution < 1.29 is 4.79 Å². The smallest absolute Gasteiger partial charge is 0.164 e. The van der Waals surface area contributed by atoms with Crippen LogP contribution in [0.1, 0.15) is 78.6 Å². The molecule has 2 saturated carbocycles. The van der Waals surface area contributed by atoms with Crippen LogP contribution in [0.3, 0.4) is 0 Å². The van der Waals surface area contributed by atoms with Crippen molar-refractivity contribution in [2.75, 3.05) is 0 Å². The quantitative estimate of drug-likeness (QED) is 0.581. The van der Waals surface area contributed by atoms with Crippen LogP contribution < -0.4 is 0 Å². The summed E-state index contributed by atoms with van der Waals surface area (Å²) >= 11 is 0. The van der Waals surface area contributed by atoms with Gasteiger partial charge in [0.05, 0.1) is 0 Å². The average molecular weight is 339 g/mol. The molecule has 25 heavy (non-hydrogen) atoms. The van der Waals surface area contributed by atoms with Crippen LogP contribution in [0.25, 0.3) is 0 Å². The fourth-order valence-corrected chi connectivity index (χ4v) is 6.29. The largest absolute Gasteiger partial charge is 0.294 e. The average Bonchev–Trinajstić information content (AvgIpc) is 3.24. The zero-order valence-corrected chi connectivity index (χ0v) is 16.4. The molecule has 0 radical (unpaired) electrons. The van der Waals surface area contributed by atoms with E-state index in [4.69, 9.17) is 0 Å². The Morgan fingerprint density at radius 1 is 1.08 bits per heavy atom. The molecule has 2 fully saturated rings. The van der Waals surface area contributed by atoms with E-state index in [0.29, 0.717) is 17.6 Å². The number of rotatable bonds is 3. The first-order valence-electron chi connectivity index (χ1n) is 10.4. The minimum atomic E-state index is -0.0140. The Morgan fingerprint density at radius 3 is 2.44 bits per heavy atom. The minimum Gasteiger partial charge on any atom is -0.294 e. The first-order chi connectivity index (χ1) is 11.8. The minimum absolute atomic E-state index is 0.0140. The Bertz CT molecular complexity index is 674. The van der Waals surface area contributed by atoms with Gasteiger partial charge in [-0.3, -0.25) is 4.79 Å². The third kappa shape index (κ3) is 2.53. The van der Waals surface area contributed by atoms with E-state index in [-0.39, 0.29) is 5.41 Å². The Labute approximate surface area is 153 Å². The topological polar surface area (TPSA) is 17.1 Å². The van der Waals surface area contributed by atoms with Gasteiger partial charge in [-0.05, 0) is 78.4 Å². The van der Waals surface area contributed by atoms with E-state index in [1.807, 2.05) is 0 Å². The van der Waals surface area contributed by atoms with Gasteiger partial charge in [0.25, 0.3) is 0 Å². The predicted octanol–water partition coefficient (Wildman–Crippen LogP) is 6.41. The summed E-state index contributed by atoms with van der Waals surface area (Å²) in [4.78, 5) is 12.9. The van der Waals surface area contributed by atoms with E-state index >= 15 is 0 Å². The molecule has 0 N–H and O–H groups in total. The molecule has 4 rings (SSSR count). The van der Waals surface area contributed by atoms with Gasteiger partial charge < -0.3 is 0 Å². The van der Waals surface area contributed by atoms with E-state index in [9.17, 15) is 4.79 Å². The summed E-state index contributed by atoms with van der Waals surface area (Å²) in [6, 6.07) is 0. The van der Waals surface area contributed by atoms with Crippen LogP contribution >= 0.6 is 0 Å². The second-order valence-corrected chi connectivity index (χ2v) is 9.99. The summed E-state index contributed by atoms with van der Waals surface area (Å²) in [5.41, 5.74) is 4.89. The summed E-state index contributed by atoms with van der Waals surface area (Å²) < 4.78 is 0. The monoisotopic (exact) mass is 338 g/mol. The number of hydrogen-bond acceptors (Lipinski definition) is 1. The van der Waals surface area contributed by atoms with Crippen LogP contribution in [0.5, 0.6) is 0 Å². The van der Waals surface area contributed by atoms with Gasteiger partial charge in [0.15, 0.2) is 5.78 Å². The van der Waals surface area contributed by atoms with Crippen LogP contribution in [0.15, 0.2) is 35.5 Å². The predicted molar refractivity (Wildman–Crippen MR) is 104 cm³/mol. The van der Waals surface area contributed by atoms with Gasteiger partial charge >= 0.3 is 0 Å². The van der Waals surface area contributed by atoms with Gasteiger partial charge in [-0.15, -0.1) is 0 Å². The van der Waals surface area contributed by atoms with E-state index in [1.165, 1.54) is 49.7 Å². The lowest BCUT2D eigenvalue weighted by Crippen LogP contribution is -2.39. The van der Waals surface area contributed by atoms with Crippen molar-refractivity contribution in [3.63, 3.8) is 0 Å². The third-order valence-corrected chi connectivity index (χ3v) is 8.57. The van der Waals surface area contributed by atoms with E-state index in [0.717, 1.165) is 41.7 Å². The number of hydrogen-bond donors (Lipinski definition) is 0. The molecule has 0 saturated heterocycles. The summed E-state index contributed by atoms with van der Waals surface area (Å²) in [5.74, 6) is 2.93. The Morgan fingerprint density at radius 2 is 1.80 bits per heavy atom. The van der Waals surface area contributed by atoms with Crippen molar-refractivity contribution in [1.82, 2.24) is 0 Å². The number of allylic oxidation sites excluding steroid dienone is 4. The first-order valence-corrected chi connectivity index (χ1v) is 10.4. The molecule has 0 aromatic carbocycles. The summed E-state index contributed by atoms with van der Waals surface area (Å²) in [6.07, 6.45) is 10.7. The van der Waals surface area contributed by atoms with Crippen molar-refractivity contribution in [3.05, 3.63) is 35.5 Å². The lowest BCUT2D eigenvalue weighted by Gasteiger charge is -2.46. The third-order valence-electron chi connectivity index (χ3n) is 8.57. The SMILES string of the molecule is C=C1CCC2=C1C(=O)C[C@@](C)(C1(CC3CCC(C)C(C)C3)CC1)C2=C. The van der Waals surface area contributed by atoms with Crippen LogP contribution in [-0.4, -0.2) is 5.78 Å². The highest BCUT2D eigenvalue weighted by molar-refractivity contribution is 6.04. The van der Waals surface area contributed by atoms with E-state index in [1.54, 1.807) is 0 Å². The second-order valence-electron chi connectivity index (χ2n) is 9.99. The number of carbonyl (C=O) groups is 1. The normalized spacial score (nSPS) is 40.4. The zero-order chi connectivity index (χ0) is 18.0. The molecule has 0 heterocycles. The van der Waals surface area contributed by atoms with Gasteiger partial charge in [0.2, 0.25) is 0 Å². The van der Waals surface area contributed by atoms with Crippen molar-refractivity contribution >= 4 is 5.78 Å². The molecule has 0 aromatic rings. The van der Waals surface area contributed by atoms with Gasteiger partial charge in [-0.25, -0.2) is 0 Å². The fraction of sp³-hybridized carbons (Fsp3) is 0.708. The zero-order valence-electron chi connectivity index (χ0n) is 16.4. The van der Waals surface area contributed by atoms with Gasteiger partial charge in [-0.1, -0.05) is 46.8 Å². The summed E-state index contributed by atoms with van der Waals surface area (Å²) in [5, 5.41) is 0. The Balaban J connectivity index is 1.58. The lowest BCUT2D eigenvalue weighted by atomic mass is 9.57. The van der Waals surface area contributed by atoms with Gasteiger partial charge in [0.1, 0.15) is 0 Å². The molecule has 0 aliphatic heterocycles. The van der Waals surface area contributed by atoms with Crippen molar-refractivity contribution in [1.29, 1.82) is 0 Å². The Kier molecular flexibility index (Phi) is 3.94.